The summed E-state index contributed by atoms with van der Waals surface area (Å²) in [4.78, 5) is 4.84. The third-order valence-corrected chi connectivity index (χ3v) is 2.62. The van der Waals surface area contributed by atoms with Crippen LogP contribution in [-0.2, 0) is 0 Å². The quantitative estimate of drug-likeness (QED) is 0.556. The van der Waals surface area contributed by atoms with E-state index in [4.69, 9.17) is 6.42 Å². The fourth-order valence-corrected chi connectivity index (χ4v) is 1.55. The van der Waals surface area contributed by atoms with Gasteiger partial charge in [0.15, 0.2) is 0 Å². The van der Waals surface area contributed by atoms with Gasteiger partial charge >= 0.3 is 0 Å². The van der Waals surface area contributed by atoms with Crippen LogP contribution >= 0.6 is 0 Å². The second kappa shape index (κ2) is 4.49. The van der Waals surface area contributed by atoms with E-state index < -0.39 is 0 Å². The molecule has 1 fully saturated rings. The van der Waals surface area contributed by atoms with Crippen molar-refractivity contribution in [3.8, 4) is 12.3 Å². The standard InChI is InChI=1S/C10H18N2/c1-4-5-6-12-8-7-11(3)10(2)9-12/h1,10H,5-9H2,2-3H3. The monoisotopic (exact) mass is 166 g/mol. The molecule has 0 aliphatic carbocycles. The highest BCUT2D eigenvalue weighted by Gasteiger charge is 2.19. The summed E-state index contributed by atoms with van der Waals surface area (Å²) in [6.07, 6.45) is 6.11. The van der Waals surface area contributed by atoms with Crippen LogP contribution in [0.2, 0.25) is 0 Å². The molecule has 0 aromatic heterocycles. The fourth-order valence-electron chi connectivity index (χ4n) is 1.55. The summed E-state index contributed by atoms with van der Waals surface area (Å²) in [5.74, 6) is 2.69. The van der Waals surface area contributed by atoms with E-state index in [2.05, 4.69) is 29.7 Å². The van der Waals surface area contributed by atoms with E-state index in [-0.39, 0.29) is 0 Å². The van der Waals surface area contributed by atoms with Gasteiger partial charge in [0.1, 0.15) is 0 Å². The molecule has 0 aromatic rings. The molecule has 0 amide bonds. The van der Waals surface area contributed by atoms with Gasteiger partial charge in [0.05, 0.1) is 0 Å². The Balaban J connectivity index is 2.26. The zero-order valence-electron chi connectivity index (χ0n) is 8.08. The lowest BCUT2D eigenvalue weighted by atomic mass is 10.2. The van der Waals surface area contributed by atoms with Crippen molar-refractivity contribution in [3.63, 3.8) is 0 Å². The van der Waals surface area contributed by atoms with E-state index in [9.17, 15) is 0 Å². The lowest BCUT2D eigenvalue weighted by Gasteiger charge is -2.37. The van der Waals surface area contributed by atoms with Crippen LogP contribution < -0.4 is 0 Å². The van der Waals surface area contributed by atoms with E-state index in [0.29, 0.717) is 6.04 Å². The molecule has 1 rings (SSSR count). The Labute approximate surface area is 75.5 Å². The number of rotatable bonds is 2. The Kier molecular flexibility index (Phi) is 3.58. The predicted octanol–water partition coefficient (Wildman–Crippen LogP) is 0.646. The van der Waals surface area contributed by atoms with E-state index in [1.54, 1.807) is 0 Å². The predicted molar refractivity (Wildman–Crippen MR) is 52.0 cm³/mol. The van der Waals surface area contributed by atoms with Gasteiger partial charge < -0.3 is 4.90 Å². The SMILES string of the molecule is C#CCCN1CCN(C)C(C)C1. The highest BCUT2D eigenvalue weighted by atomic mass is 15.3. The topological polar surface area (TPSA) is 6.48 Å². The van der Waals surface area contributed by atoms with Gasteiger partial charge in [0.2, 0.25) is 0 Å². The average Bonchev–Trinajstić information content (AvgIpc) is 2.07. The Morgan fingerprint density at radius 3 is 2.83 bits per heavy atom. The first-order valence-electron chi connectivity index (χ1n) is 4.60. The van der Waals surface area contributed by atoms with Crippen molar-refractivity contribution in [2.24, 2.45) is 0 Å². The van der Waals surface area contributed by atoms with Crippen LogP contribution in [0.4, 0.5) is 0 Å². The maximum atomic E-state index is 5.22. The molecule has 0 bridgehead atoms. The first kappa shape index (κ1) is 9.57. The molecular formula is C10H18N2. The second-order valence-electron chi connectivity index (χ2n) is 3.58. The van der Waals surface area contributed by atoms with Crippen molar-refractivity contribution in [2.45, 2.75) is 19.4 Å². The first-order valence-corrected chi connectivity index (χ1v) is 4.60. The molecule has 2 heteroatoms. The average molecular weight is 166 g/mol. The van der Waals surface area contributed by atoms with Crippen molar-refractivity contribution in [1.82, 2.24) is 9.80 Å². The molecule has 2 nitrogen and oxygen atoms in total. The van der Waals surface area contributed by atoms with Gasteiger partial charge in [-0.3, -0.25) is 4.90 Å². The van der Waals surface area contributed by atoms with Crippen LogP contribution in [0.15, 0.2) is 0 Å². The van der Waals surface area contributed by atoms with Gasteiger partial charge in [-0.15, -0.1) is 12.3 Å². The number of piperazine rings is 1. The molecule has 1 heterocycles. The van der Waals surface area contributed by atoms with E-state index >= 15 is 0 Å². The van der Waals surface area contributed by atoms with Crippen LogP contribution in [0.1, 0.15) is 13.3 Å². The Hall–Kier alpha value is -0.520. The van der Waals surface area contributed by atoms with Gasteiger partial charge in [-0.05, 0) is 14.0 Å². The molecule has 68 valence electrons. The number of hydrogen-bond acceptors (Lipinski definition) is 2. The Morgan fingerprint density at radius 1 is 1.50 bits per heavy atom. The fraction of sp³-hybridized carbons (Fsp3) is 0.800. The summed E-state index contributed by atoms with van der Waals surface area (Å²) in [5.41, 5.74) is 0. The van der Waals surface area contributed by atoms with Gasteiger partial charge in [-0.2, -0.15) is 0 Å². The largest absolute Gasteiger partial charge is 0.301 e. The van der Waals surface area contributed by atoms with Crippen LogP contribution in [0.25, 0.3) is 0 Å². The van der Waals surface area contributed by atoms with Crippen LogP contribution in [0.3, 0.4) is 0 Å². The minimum absolute atomic E-state index is 0.677. The van der Waals surface area contributed by atoms with Gasteiger partial charge in [0.25, 0.3) is 0 Å². The summed E-state index contributed by atoms with van der Waals surface area (Å²) in [7, 11) is 2.18. The highest BCUT2D eigenvalue weighted by Crippen LogP contribution is 2.06. The molecule has 1 saturated heterocycles. The van der Waals surface area contributed by atoms with Crippen molar-refractivity contribution in [2.75, 3.05) is 33.2 Å². The zero-order chi connectivity index (χ0) is 8.97. The Morgan fingerprint density at radius 2 is 2.25 bits per heavy atom. The van der Waals surface area contributed by atoms with Crippen LogP contribution in [-0.4, -0.2) is 49.1 Å². The number of likely N-dealkylation sites (N-methyl/N-ethyl adjacent to an activating group) is 1. The smallest absolute Gasteiger partial charge is 0.0214 e. The summed E-state index contributed by atoms with van der Waals surface area (Å²) in [5, 5.41) is 0. The maximum Gasteiger partial charge on any atom is 0.0214 e. The summed E-state index contributed by atoms with van der Waals surface area (Å²) in [6, 6.07) is 0.677. The summed E-state index contributed by atoms with van der Waals surface area (Å²) in [6.45, 7) is 6.84. The molecule has 1 aliphatic rings. The first-order chi connectivity index (χ1) is 5.74. The van der Waals surface area contributed by atoms with Crippen LogP contribution in [0, 0.1) is 12.3 Å². The molecule has 12 heavy (non-hydrogen) atoms. The highest BCUT2D eigenvalue weighted by molar-refractivity contribution is 4.86. The number of hydrogen-bond donors (Lipinski definition) is 0. The van der Waals surface area contributed by atoms with E-state index in [1.165, 1.54) is 13.1 Å². The van der Waals surface area contributed by atoms with Gasteiger partial charge in [-0.25, -0.2) is 0 Å². The lowest BCUT2D eigenvalue weighted by Crippen LogP contribution is -2.50. The van der Waals surface area contributed by atoms with Crippen molar-refractivity contribution < 1.29 is 0 Å². The van der Waals surface area contributed by atoms with E-state index in [1.807, 2.05) is 0 Å². The molecule has 1 atom stereocenters. The van der Waals surface area contributed by atoms with Crippen molar-refractivity contribution >= 4 is 0 Å². The van der Waals surface area contributed by atoms with Crippen molar-refractivity contribution in [3.05, 3.63) is 0 Å². The molecule has 0 radical (unpaired) electrons. The van der Waals surface area contributed by atoms with Crippen molar-refractivity contribution in [1.29, 1.82) is 0 Å². The minimum Gasteiger partial charge on any atom is -0.301 e. The van der Waals surface area contributed by atoms with E-state index in [0.717, 1.165) is 19.5 Å². The minimum atomic E-state index is 0.677. The second-order valence-corrected chi connectivity index (χ2v) is 3.58. The molecule has 1 unspecified atom stereocenters. The Bertz CT molecular complexity index is 171. The third kappa shape index (κ3) is 2.51. The molecule has 1 aliphatic heterocycles. The number of nitrogens with zero attached hydrogens (tertiary/aromatic N) is 2. The third-order valence-electron chi connectivity index (χ3n) is 2.62. The summed E-state index contributed by atoms with van der Waals surface area (Å²) < 4.78 is 0. The zero-order valence-corrected chi connectivity index (χ0v) is 8.08. The van der Waals surface area contributed by atoms with Gasteiger partial charge in [0, 0.05) is 38.6 Å². The van der Waals surface area contributed by atoms with Crippen LogP contribution in [0.5, 0.6) is 0 Å². The number of terminal acetylenes is 1. The maximum absolute atomic E-state index is 5.22. The lowest BCUT2D eigenvalue weighted by molar-refractivity contribution is 0.107. The normalized spacial score (nSPS) is 26.9. The molecule has 0 saturated carbocycles. The summed E-state index contributed by atoms with van der Waals surface area (Å²) >= 11 is 0. The molecule has 0 spiro atoms. The molecule has 0 aromatic carbocycles. The van der Waals surface area contributed by atoms with Gasteiger partial charge in [-0.1, -0.05) is 0 Å². The molecule has 0 N–H and O–H groups in total. The molecular weight excluding hydrogens is 148 g/mol.